The molecule has 0 amide bonds. The highest BCUT2D eigenvalue weighted by molar-refractivity contribution is 8.41. The maximum absolute atomic E-state index is 4.87. The van der Waals surface area contributed by atoms with Crippen molar-refractivity contribution in [2.45, 2.75) is 19.3 Å². The van der Waals surface area contributed by atoms with Gasteiger partial charge in [0.15, 0.2) is 0 Å². The molecule has 1 aromatic carbocycles. The molecule has 0 unspecified atom stereocenters. The fraction of sp³-hybridized carbons (Fsp3) is 0.364. The molecule has 0 saturated carbocycles. The number of hydrogen-bond acceptors (Lipinski definition) is 2. The van der Waals surface area contributed by atoms with Crippen molar-refractivity contribution in [2.24, 2.45) is 0 Å². The fourth-order valence-corrected chi connectivity index (χ4v) is 2.28. The minimum Gasteiger partial charge on any atom is -0.125 e. The molecule has 0 atom stereocenters. The summed E-state index contributed by atoms with van der Waals surface area (Å²) in [4.78, 5) is 0. The van der Waals surface area contributed by atoms with E-state index in [1.165, 1.54) is 24.8 Å². The summed E-state index contributed by atoms with van der Waals surface area (Å²) in [7, 11) is 0. The fourth-order valence-electron chi connectivity index (χ4n) is 1.24. The van der Waals surface area contributed by atoms with Crippen molar-refractivity contribution in [2.75, 3.05) is 5.75 Å². The number of unbranched alkanes of at least 4 members (excludes halogenated alkanes) is 1. The van der Waals surface area contributed by atoms with Crippen LogP contribution in [0.5, 0.6) is 0 Å². The maximum Gasteiger partial charge on any atom is 0.101 e. The normalized spacial score (nSPS) is 10.1. The SMILES string of the molecule is S=C(S)SCCCCc1ccccc1. The number of aryl methyl sites for hydroxylation is 1. The molecule has 0 aliphatic carbocycles. The molecular weight excluding hydrogens is 228 g/mol. The molecule has 0 aliphatic rings. The van der Waals surface area contributed by atoms with Crippen LogP contribution < -0.4 is 0 Å². The first-order valence-corrected chi connectivity index (χ1v) is 6.53. The molecule has 0 fully saturated rings. The van der Waals surface area contributed by atoms with Gasteiger partial charge in [-0.2, -0.15) is 0 Å². The molecule has 0 nitrogen and oxygen atoms in total. The second kappa shape index (κ2) is 7.32. The standard InChI is InChI=1S/C11H14S3/c12-11(13)14-9-5-4-8-10-6-2-1-3-7-10/h1-3,6-7H,4-5,8-9H2,(H,12,13). The molecule has 0 aromatic heterocycles. The lowest BCUT2D eigenvalue weighted by atomic mass is 10.1. The first-order chi connectivity index (χ1) is 6.79. The van der Waals surface area contributed by atoms with E-state index in [0.717, 1.165) is 9.28 Å². The van der Waals surface area contributed by atoms with Gasteiger partial charge in [-0.05, 0) is 30.6 Å². The van der Waals surface area contributed by atoms with Gasteiger partial charge in [0.2, 0.25) is 0 Å². The van der Waals surface area contributed by atoms with Gasteiger partial charge in [0.25, 0.3) is 0 Å². The quantitative estimate of drug-likeness (QED) is 0.471. The zero-order chi connectivity index (χ0) is 10.2. The van der Waals surface area contributed by atoms with Gasteiger partial charge >= 0.3 is 0 Å². The molecular formula is C11H14S3. The average molecular weight is 242 g/mol. The molecule has 0 saturated heterocycles. The molecule has 76 valence electrons. The van der Waals surface area contributed by atoms with Gasteiger partial charge in [0.1, 0.15) is 3.53 Å². The highest BCUT2D eigenvalue weighted by Gasteiger charge is 1.94. The number of rotatable bonds is 5. The van der Waals surface area contributed by atoms with Crippen molar-refractivity contribution in [1.82, 2.24) is 0 Å². The van der Waals surface area contributed by atoms with Crippen molar-refractivity contribution >= 4 is 40.1 Å². The molecule has 0 spiro atoms. The van der Waals surface area contributed by atoms with Crippen LogP contribution in [0.2, 0.25) is 0 Å². The van der Waals surface area contributed by atoms with E-state index in [9.17, 15) is 0 Å². The lowest BCUT2D eigenvalue weighted by Gasteiger charge is -2.00. The Labute approximate surface area is 101 Å². The average Bonchev–Trinajstić information content (AvgIpc) is 2.18. The lowest BCUT2D eigenvalue weighted by Crippen LogP contribution is -1.87. The Balaban J connectivity index is 2.08. The highest BCUT2D eigenvalue weighted by Crippen LogP contribution is 2.12. The largest absolute Gasteiger partial charge is 0.125 e. The second-order valence-electron chi connectivity index (χ2n) is 3.06. The van der Waals surface area contributed by atoms with Crippen molar-refractivity contribution in [3.05, 3.63) is 35.9 Å². The Morgan fingerprint density at radius 1 is 1.21 bits per heavy atom. The van der Waals surface area contributed by atoms with Gasteiger partial charge in [0, 0.05) is 0 Å². The van der Waals surface area contributed by atoms with E-state index in [0.29, 0.717) is 0 Å². The van der Waals surface area contributed by atoms with Gasteiger partial charge in [-0.1, -0.05) is 42.5 Å². The lowest BCUT2D eigenvalue weighted by molar-refractivity contribution is 0.803. The maximum atomic E-state index is 4.87. The number of thiol groups is 1. The van der Waals surface area contributed by atoms with Crippen LogP contribution in [0, 0.1) is 0 Å². The number of hydrogen-bond donors (Lipinski definition) is 1. The summed E-state index contributed by atoms with van der Waals surface area (Å²) >= 11 is 10.6. The molecule has 1 aromatic rings. The zero-order valence-corrected chi connectivity index (χ0v) is 10.5. The predicted molar refractivity (Wildman–Crippen MR) is 73.4 cm³/mol. The minimum atomic E-state index is 0.754. The molecule has 3 heteroatoms. The van der Waals surface area contributed by atoms with Crippen LogP contribution in [-0.2, 0) is 6.42 Å². The van der Waals surface area contributed by atoms with Crippen LogP contribution in [-0.4, -0.2) is 9.28 Å². The smallest absolute Gasteiger partial charge is 0.101 e. The summed E-state index contributed by atoms with van der Waals surface area (Å²) in [5.74, 6) is 1.09. The zero-order valence-electron chi connectivity index (χ0n) is 7.98. The van der Waals surface area contributed by atoms with Crippen LogP contribution in [0.15, 0.2) is 30.3 Å². The van der Waals surface area contributed by atoms with E-state index >= 15 is 0 Å². The first kappa shape index (κ1) is 12.1. The third kappa shape index (κ3) is 5.68. The molecule has 0 heterocycles. The highest BCUT2D eigenvalue weighted by atomic mass is 32.2. The molecule has 1 rings (SSSR count). The van der Waals surface area contributed by atoms with Gasteiger partial charge in [-0.25, -0.2) is 0 Å². The van der Waals surface area contributed by atoms with Crippen molar-refractivity contribution in [3.8, 4) is 0 Å². The summed E-state index contributed by atoms with van der Waals surface area (Å²) in [6.45, 7) is 0. The summed E-state index contributed by atoms with van der Waals surface area (Å²) in [5, 5.41) is 0. The minimum absolute atomic E-state index is 0.754. The molecule has 0 N–H and O–H groups in total. The van der Waals surface area contributed by atoms with E-state index in [2.05, 4.69) is 43.0 Å². The second-order valence-corrected chi connectivity index (χ2v) is 5.88. The third-order valence-electron chi connectivity index (χ3n) is 1.93. The van der Waals surface area contributed by atoms with Crippen molar-refractivity contribution in [3.63, 3.8) is 0 Å². The molecule has 0 bridgehead atoms. The van der Waals surface area contributed by atoms with Gasteiger partial charge in [-0.3, -0.25) is 0 Å². The van der Waals surface area contributed by atoms with Gasteiger partial charge < -0.3 is 0 Å². The van der Waals surface area contributed by atoms with Gasteiger partial charge in [-0.15, -0.1) is 24.4 Å². The topological polar surface area (TPSA) is 0 Å². The number of thioether (sulfide) groups is 1. The predicted octanol–water partition coefficient (Wildman–Crippen LogP) is 3.96. The van der Waals surface area contributed by atoms with Crippen LogP contribution in [0.3, 0.4) is 0 Å². The van der Waals surface area contributed by atoms with Crippen LogP contribution in [0.1, 0.15) is 18.4 Å². The summed E-state index contributed by atoms with van der Waals surface area (Å²) < 4.78 is 0.754. The summed E-state index contributed by atoms with van der Waals surface area (Å²) in [6.07, 6.45) is 3.61. The van der Waals surface area contributed by atoms with E-state index in [4.69, 9.17) is 12.2 Å². The van der Waals surface area contributed by atoms with Gasteiger partial charge in [0.05, 0.1) is 0 Å². The first-order valence-electron chi connectivity index (χ1n) is 4.68. The Hall–Kier alpha value is 0.01000. The van der Waals surface area contributed by atoms with E-state index in [1.807, 2.05) is 0 Å². The molecule has 0 aliphatic heterocycles. The Morgan fingerprint density at radius 2 is 1.93 bits per heavy atom. The van der Waals surface area contributed by atoms with E-state index in [1.54, 1.807) is 11.8 Å². The monoisotopic (exact) mass is 242 g/mol. The van der Waals surface area contributed by atoms with Crippen LogP contribution >= 0.6 is 36.6 Å². The van der Waals surface area contributed by atoms with E-state index in [-0.39, 0.29) is 0 Å². The van der Waals surface area contributed by atoms with Crippen molar-refractivity contribution in [1.29, 1.82) is 0 Å². The Morgan fingerprint density at radius 3 is 2.57 bits per heavy atom. The Kier molecular flexibility index (Phi) is 6.32. The van der Waals surface area contributed by atoms with Crippen molar-refractivity contribution < 1.29 is 0 Å². The Bertz CT molecular complexity index is 269. The van der Waals surface area contributed by atoms with Crippen LogP contribution in [0.25, 0.3) is 0 Å². The number of thiocarbonyl (C=S) groups is 1. The molecule has 14 heavy (non-hydrogen) atoms. The number of benzene rings is 1. The van der Waals surface area contributed by atoms with Crippen LogP contribution in [0.4, 0.5) is 0 Å². The summed E-state index contributed by atoms with van der Waals surface area (Å²) in [6, 6.07) is 10.6. The third-order valence-corrected chi connectivity index (χ3v) is 3.41. The summed E-state index contributed by atoms with van der Waals surface area (Å²) in [5.41, 5.74) is 1.42. The molecule has 0 radical (unpaired) electrons. The van der Waals surface area contributed by atoms with E-state index < -0.39 is 0 Å².